The number of piperidine rings is 1. The Balaban J connectivity index is 1.79. The Labute approximate surface area is 149 Å². The van der Waals surface area contributed by atoms with E-state index >= 15 is 0 Å². The zero-order chi connectivity index (χ0) is 18.7. The maximum atomic E-state index is 12.1. The summed E-state index contributed by atoms with van der Waals surface area (Å²) < 4.78 is 0. The molecule has 0 radical (unpaired) electrons. The second-order valence-electron chi connectivity index (χ2n) is 8.14. The molecule has 138 valence electrons. The van der Waals surface area contributed by atoms with Gasteiger partial charge in [0.2, 0.25) is 0 Å². The maximum absolute atomic E-state index is 12.1. The molecule has 0 spiro atoms. The van der Waals surface area contributed by atoms with Crippen molar-refractivity contribution in [2.24, 2.45) is 0 Å². The number of rotatable bonds is 4. The highest BCUT2D eigenvalue weighted by Gasteiger charge is 2.38. The molecule has 6 heteroatoms. The summed E-state index contributed by atoms with van der Waals surface area (Å²) in [5, 5.41) is 18.3. The maximum Gasteiger partial charge on any atom is 0.309 e. The molecule has 6 nitrogen and oxygen atoms in total. The van der Waals surface area contributed by atoms with Gasteiger partial charge in [0.1, 0.15) is 5.75 Å². The van der Waals surface area contributed by atoms with Crippen molar-refractivity contribution in [2.75, 3.05) is 6.54 Å². The third-order valence-corrected chi connectivity index (χ3v) is 4.37. The lowest BCUT2D eigenvalue weighted by Gasteiger charge is -2.46. The monoisotopic (exact) mass is 347 g/mol. The summed E-state index contributed by atoms with van der Waals surface area (Å²) in [7, 11) is 0. The first-order valence-corrected chi connectivity index (χ1v) is 8.72. The van der Waals surface area contributed by atoms with Crippen LogP contribution in [0.3, 0.4) is 0 Å². The van der Waals surface area contributed by atoms with Gasteiger partial charge < -0.3 is 21.1 Å². The second kappa shape index (κ2) is 7.44. The van der Waals surface area contributed by atoms with E-state index in [2.05, 4.69) is 43.6 Å². The SMILES string of the molecule is CC1(C)CC(NC(=O)C(=O)NCCc2ccc(O)cc2)CC(C)(C)N1. The predicted octanol–water partition coefficient (Wildman–Crippen LogP) is 1.48. The molecule has 4 N–H and O–H groups in total. The van der Waals surface area contributed by atoms with E-state index in [4.69, 9.17) is 0 Å². The Morgan fingerprint density at radius 3 is 2.20 bits per heavy atom. The molecule has 1 saturated heterocycles. The van der Waals surface area contributed by atoms with E-state index in [1.54, 1.807) is 24.3 Å². The van der Waals surface area contributed by atoms with Gasteiger partial charge in [-0.05, 0) is 64.7 Å². The Bertz CT molecular complexity index is 607. The molecule has 25 heavy (non-hydrogen) atoms. The number of benzene rings is 1. The zero-order valence-electron chi connectivity index (χ0n) is 15.5. The highest BCUT2D eigenvalue weighted by Crippen LogP contribution is 2.28. The summed E-state index contributed by atoms with van der Waals surface area (Å²) in [6, 6.07) is 6.76. The van der Waals surface area contributed by atoms with Crippen molar-refractivity contribution in [3.63, 3.8) is 0 Å². The minimum atomic E-state index is -0.604. The largest absolute Gasteiger partial charge is 0.508 e. The lowest BCUT2D eigenvalue weighted by Crippen LogP contribution is -2.62. The van der Waals surface area contributed by atoms with Gasteiger partial charge in [-0.25, -0.2) is 0 Å². The molecule has 1 fully saturated rings. The Hall–Kier alpha value is -2.08. The predicted molar refractivity (Wildman–Crippen MR) is 97.3 cm³/mol. The Morgan fingerprint density at radius 1 is 1.08 bits per heavy atom. The molecule has 0 unspecified atom stereocenters. The molecule has 2 rings (SSSR count). The number of aromatic hydroxyl groups is 1. The van der Waals surface area contributed by atoms with Crippen LogP contribution in [0.4, 0.5) is 0 Å². The Morgan fingerprint density at radius 2 is 1.64 bits per heavy atom. The van der Waals surface area contributed by atoms with E-state index in [0.29, 0.717) is 13.0 Å². The molecule has 1 aromatic rings. The van der Waals surface area contributed by atoms with Gasteiger partial charge in [0, 0.05) is 23.7 Å². The minimum absolute atomic E-state index is 0.0263. The number of hydrogen-bond donors (Lipinski definition) is 4. The van der Waals surface area contributed by atoms with Crippen LogP contribution in [-0.2, 0) is 16.0 Å². The van der Waals surface area contributed by atoms with Crippen molar-refractivity contribution < 1.29 is 14.7 Å². The van der Waals surface area contributed by atoms with Crippen LogP contribution in [0.1, 0.15) is 46.1 Å². The molecule has 0 atom stereocenters. The van der Waals surface area contributed by atoms with Crippen molar-refractivity contribution in [3.8, 4) is 5.75 Å². The average Bonchev–Trinajstić information content (AvgIpc) is 2.45. The van der Waals surface area contributed by atoms with Gasteiger partial charge in [-0.15, -0.1) is 0 Å². The van der Waals surface area contributed by atoms with E-state index < -0.39 is 11.8 Å². The number of amides is 2. The summed E-state index contributed by atoms with van der Waals surface area (Å²) in [6.45, 7) is 8.78. The highest BCUT2D eigenvalue weighted by molar-refractivity contribution is 6.35. The molecule has 0 aromatic heterocycles. The summed E-state index contributed by atoms with van der Waals surface area (Å²) in [4.78, 5) is 24.1. The van der Waals surface area contributed by atoms with Gasteiger partial charge >= 0.3 is 11.8 Å². The van der Waals surface area contributed by atoms with Gasteiger partial charge in [0.15, 0.2) is 0 Å². The van der Waals surface area contributed by atoms with Crippen LogP contribution >= 0.6 is 0 Å². The summed E-state index contributed by atoms with van der Waals surface area (Å²) in [5.41, 5.74) is 0.810. The van der Waals surface area contributed by atoms with Gasteiger partial charge in [0.05, 0.1) is 0 Å². The normalized spacial score (nSPS) is 19.2. The average molecular weight is 347 g/mol. The molecule has 0 bridgehead atoms. The molecule has 0 aliphatic carbocycles. The van der Waals surface area contributed by atoms with E-state index in [-0.39, 0.29) is 22.9 Å². The van der Waals surface area contributed by atoms with Gasteiger partial charge in [0.25, 0.3) is 0 Å². The van der Waals surface area contributed by atoms with Gasteiger partial charge in [-0.2, -0.15) is 0 Å². The molecule has 1 aromatic carbocycles. The third kappa shape index (κ3) is 6.05. The number of carbonyl (C=O) groups is 2. The standard InChI is InChI=1S/C19H29N3O3/c1-18(2)11-14(12-19(3,4)22-18)21-17(25)16(24)20-10-9-13-5-7-15(23)8-6-13/h5-8,14,22-23H,9-12H2,1-4H3,(H,20,24)(H,21,25). The Kier molecular flexibility index (Phi) is 5.72. The first kappa shape index (κ1) is 19.2. The smallest absolute Gasteiger partial charge is 0.309 e. The lowest BCUT2D eigenvalue weighted by atomic mass is 9.79. The number of hydrogen-bond acceptors (Lipinski definition) is 4. The van der Waals surface area contributed by atoms with E-state index in [1.807, 2.05) is 0 Å². The first-order chi connectivity index (χ1) is 11.6. The molecular formula is C19H29N3O3. The molecular weight excluding hydrogens is 318 g/mol. The molecule has 1 heterocycles. The second-order valence-corrected chi connectivity index (χ2v) is 8.14. The van der Waals surface area contributed by atoms with E-state index in [9.17, 15) is 14.7 Å². The number of phenols is 1. The van der Waals surface area contributed by atoms with E-state index in [1.165, 1.54) is 0 Å². The topological polar surface area (TPSA) is 90.5 Å². The molecule has 2 amide bonds. The lowest BCUT2D eigenvalue weighted by molar-refractivity contribution is -0.140. The number of phenolic OH excluding ortho intramolecular Hbond substituents is 1. The quantitative estimate of drug-likeness (QED) is 0.621. The van der Waals surface area contributed by atoms with Crippen LogP contribution in [0, 0.1) is 0 Å². The van der Waals surface area contributed by atoms with Crippen molar-refractivity contribution in [1.82, 2.24) is 16.0 Å². The van der Waals surface area contributed by atoms with Crippen molar-refractivity contribution >= 4 is 11.8 Å². The summed E-state index contributed by atoms with van der Waals surface area (Å²) >= 11 is 0. The first-order valence-electron chi connectivity index (χ1n) is 8.72. The van der Waals surface area contributed by atoms with Crippen LogP contribution in [0.25, 0.3) is 0 Å². The van der Waals surface area contributed by atoms with Crippen molar-refractivity contribution in [2.45, 2.75) is 64.1 Å². The van der Waals surface area contributed by atoms with Gasteiger partial charge in [-0.1, -0.05) is 12.1 Å². The molecule has 1 aliphatic rings. The van der Waals surface area contributed by atoms with Crippen molar-refractivity contribution in [1.29, 1.82) is 0 Å². The fourth-order valence-electron chi connectivity index (χ4n) is 3.74. The van der Waals surface area contributed by atoms with Crippen LogP contribution in [0.2, 0.25) is 0 Å². The fourth-order valence-corrected chi connectivity index (χ4v) is 3.74. The summed E-state index contributed by atoms with van der Waals surface area (Å²) in [6.07, 6.45) is 2.17. The van der Waals surface area contributed by atoms with Crippen LogP contribution in [0.5, 0.6) is 5.75 Å². The number of nitrogens with one attached hydrogen (secondary N) is 3. The number of carbonyl (C=O) groups excluding carboxylic acids is 2. The highest BCUT2D eigenvalue weighted by atomic mass is 16.3. The van der Waals surface area contributed by atoms with Crippen molar-refractivity contribution in [3.05, 3.63) is 29.8 Å². The van der Waals surface area contributed by atoms with Crippen LogP contribution in [-0.4, -0.2) is 40.6 Å². The molecule has 0 saturated carbocycles. The van der Waals surface area contributed by atoms with E-state index in [0.717, 1.165) is 18.4 Å². The van der Waals surface area contributed by atoms with Gasteiger partial charge in [-0.3, -0.25) is 9.59 Å². The summed E-state index contributed by atoms with van der Waals surface area (Å²) in [5.74, 6) is -0.975. The van der Waals surface area contributed by atoms with Crippen LogP contribution < -0.4 is 16.0 Å². The third-order valence-electron chi connectivity index (χ3n) is 4.37. The van der Waals surface area contributed by atoms with Crippen LogP contribution in [0.15, 0.2) is 24.3 Å². The zero-order valence-corrected chi connectivity index (χ0v) is 15.5. The minimum Gasteiger partial charge on any atom is -0.508 e. The fraction of sp³-hybridized carbons (Fsp3) is 0.579. The molecule has 1 aliphatic heterocycles.